The van der Waals surface area contributed by atoms with E-state index in [0.29, 0.717) is 16.5 Å². The van der Waals surface area contributed by atoms with Gasteiger partial charge in [-0.1, -0.05) is 25.1 Å². The molecule has 0 radical (unpaired) electrons. The van der Waals surface area contributed by atoms with Crippen molar-refractivity contribution >= 4 is 16.9 Å². The van der Waals surface area contributed by atoms with Crippen molar-refractivity contribution in [3.05, 3.63) is 70.6 Å². The topological polar surface area (TPSA) is 62.6 Å². The quantitative estimate of drug-likeness (QED) is 0.755. The highest BCUT2D eigenvalue weighted by Crippen LogP contribution is 2.24. The Morgan fingerprint density at radius 3 is 2.89 bits per heavy atom. The van der Waals surface area contributed by atoms with E-state index in [-0.39, 0.29) is 17.4 Å². The van der Waals surface area contributed by atoms with Gasteiger partial charge in [0.1, 0.15) is 5.58 Å². The van der Waals surface area contributed by atoms with Crippen molar-refractivity contribution in [3.8, 4) is 11.1 Å². The third-order valence-corrected chi connectivity index (χ3v) is 5.41. The fraction of sp³-hybridized carbons (Fsp3) is 0.304. The van der Waals surface area contributed by atoms with Crippen LogP contribution in [0.15, 0.2) is 64.0 Å². The summed E-state index contributed by atoms with van der Waals surface area (Å²) in [6, 6.07) is 14.7. The SMILES string of the molecule is CCN1CCCC(NC(=O)c2cccc(-c3ccc4c(=O)ccoc4c3)c2)C1. The van der Waals surface area contributed by atoms with Crippen LogP contribution in [0.25, 0.3) is 22.1 Å². The monoisotopic (exact) mass is 376 g/mol. The second-order valence-corrected chi connectivity index (χ2v) is 7.28. The summed E-state index contributed by atoms with van der Waals surface area (Å²) in [5, 5.41) is 3.73. The molecule has 144 valence electrons. The molecule has 2 heterocycles. The molecule has 3 aromatic rings. The lowest BCUT2D eigenvalue weighted by Crippen LogP contribution is -2.47. The molecule has 1 N–H and O–H groups in total. The number of rotatable bonds is 4. The molecule has 28 heavy (non-hydrogen) atoms. The summed E-state index contributed by atoms with van der Waals surface area (Å²) in [4.78, 5) is 27.0. The number of carbonyl (C=O) groups excluding carboxylic acids is 1. The van der Waals surface area contributed by atoms with Crippen molar-refractivity contribution in [1.29, 1.82) is 0 Å². The number of piperidine rings is 1. The molecule has 5 heteroatoms. The number of nitrogens with zero attached hydrogens (tertiary/aromatic N) is 1. The lowest BCUT2D eigenvalue weighted by molar-refractivity contribution is 0.0906. The van der Waals surface area contributed by atoms with E-state index in [2.05, 4.69) is 17.1 Å². The molecule has 1 aromatic heterocycles. The molecule has 1 atom stereocenters. The van der Waals surface area contributed by atoms with Gasteiger partial charge in [0.15, 0.2) is 5.43 Å². The normalized spacial score (nSPS) is 17.5. The summed E-state index contributed by atoms with van der Waals surface area (Å²) in [5.41, 5.74) is 2.95. The molecule has 1 amide bonds. The van der Waals surface area contributed by atoms with Crippen LogP contribution in [-0.2, 0) is 0 Å². The number of amides is 1. The largest absolute Gasteiger partial charge is 0.464 e. The predicted octanol–water partition coefficient (Wildman–Crippen LogP) is 3.67. The van der Waals surface area contributed by atoms with E-state index in [1.165, 1.54) is 12.3 Å². The zero-order valence-corrected chi connectivity index (χ0v) is 16.0. The highest BCUT2D eigenvalue weighted by atomic mass is 16.3. The van der Waals surface area contributed by atoms with Crippen LogP contribution in [0, 0.1) is 0 Å². The minimum Gasteiger partial charge on any atom is -0.464 e. The molecule has 0 saturated carbocycles. The highest BCUT2D eigenvalue weighted by Gasteiger charge is 2.21. The van der Waals surface area contributed by atoms with Crippen LogP contribution in [0.2, 0.25) is 0 Å². The van der Waals surface area contributed by atoms with Crippen molar-refractivity contribution in [2.24, 2.45) is 0 Å². The van der Waals surface area contributed by atoms with Crippen LogP contribution >= 0.6 is 0 Å². The van der Waals surface area contributed by atoms with E-state index in [4.69, 9.17) is 4.42 Å². The lowest BCUT2D eigenvalue weighted by Gasteiger charge is -2.32. The number of hydrogen-bond acceptors (Lipinski definition) is 4. The zero-order chi connectivity index (χ0) is 19.5. The molecule has 0 bridgehead atoms. The molecule has 1 aliphatic rings. The average Bonchev–Trinajstić information content (AvgIpc) is 2.74. The smallest absolute Gasteiger partial charge is 0.251 e. The molecule has 1 aliphatic heterocycles. The molecule has 5 nitrogen and oxygen atoms in total. The Hall–Kier alpha value is -2.92. The first-order valence-electron chi connectivity index (χ1n) is 9.79. The summed E-state index contributed by atoms with van der Waals surface area (Å²) in [5.74, 6) is -0.0443. The van der Waals surface area contributed by atoms with Crippen molar-refractivity contribution in [2.45, 2.75) is 25.8 Å². The highest BCUT2D eigenvalue weighted by molar-refractivity contribution is 5.96. The number of hydrogen-bond donors (Lipinski definition) is 1. The van der Waals surface area contributed by atoms with Crippen molar-refractivity contribution < 1.29 is 9.21 Å². The van der Waals surface area contributed by atoms with E-state index in [0.717, 1.165) is 43.6 Å². The van der Waals surface area contributed by atoms with Gasteiger partial charge in [-0.05, 0) is 61.3 Å². The van der Waals surface area contributed by atoms with Gasteiger partial charge in [-0.15, -0.1) is 0 Å². The third kappa shape index (κ3) is 3.85. The van der Waals surface area contributed by atoms with E-state index >= 15 is 0 Å². The zero-order valence-electron chi connectivity index (χ0n) is 16.0. The number of fused-ring (bicyclic) bond motifs is 1. The standard InChI is InChI=1S/C23H24N2O3/c1-2-25-11-4-7-19(15-25)24-23(27)18-6-3-5-16(13-18)17-8-9-20-21(26)10-12-28-22(20)14-17/h3,5-6,8-10,12-14,19H,2,4,7,11,15H2,1H3,(H,24,27). The van der Waals surface area contributed by atoms with Gasteiger partial charge in [0.25, 0.3) is 5.91 Å². The summed E-state index contributed by atoms with van der Waals surface area (Å²) in [6.07, 6.45) is 3.54. The van der Waals surface area contributed by atoms with Crippen molar-refractivity contribution in [1.82, 2.24) is 10.2 Å². The maximum absolute atomic E-state index is 12.8. The van der Waals surface area contributed by atoms with Crippen molar-refractivity contribution in [3.63, 3.8) is 0 Å². The maximum Gasteiger partial charge on any atom is 0.251 e. The number of likely N-dealkylation sites (N-methyl/N-ethyl adjacent to an activating group) is 1. The molecule has 0 spiro atoms. The predicted molar refractivity (Wildman–Crippen MR) is 111 cm³/mol. The van der Waals surface area contributed by atoms with Gasteiger partial charge in [-0.2, -0.15) is 0 Å². The molecule has 1 fully saturated rings. The molecular weight excluding hydrogens is 352 g/mol. The van der Waals surface area contributed by atoms with Crippen LogP contribution in [0.1, 0.15) is 30.1 Å². The Labute approximate surface area is 164 Å². The minimum absolute atomic E-state index is 0.0443. The molecule has 0 aliphatic carbocycles. The van der Waals surface area contributed by atoms with Crippen LogP contribution in [0.4, 0.5) is 0 Å². The summed E-state index contributed by atoms with van der Waals surface area (Å²) in [7, 11) is 0. The van der Waals surface area contributed by atoms with E-state index in [1.807, 2.05) is 36.4 Å². The Kier molecular flexibility index (Phi) is 5.26. The number of likely N-dealkylation sites (tertiary alicyclic amines) is 1. The Balaban J connectivity index is 1.56. The van der Waals surface area contributed by atoms with Crippen LogP contribution in [-0.4, -0.2) is 36.5 Å². The first-order valence-corrected chi connectivity index (χ1v) is 9.79. The molecule has 4 rings (SSSR count). The molecule has 2 aromatic carbocycles. The van der Waals surface area contributed by atoms with Gasteiger partial charge < -0.3 is 14.6 Å². The van der Waals surface area contributed by atoms with E-state index in [9.17, 15) is 9.59 Å². The summed E-state index contributed by atoms with van der Waals surface area (Å²) in [6.45, 7) is 5.18. The van der Waals surface area contributed by atoms with E-state index in [1.54, 1.807) is 6.07 Å². The van der Waals surface area contributed by atoms with Gasteiger partial charge in [0, 0.05) is 24.2 Å². The van der Waals surface area contributed by atoms with Crippen LogP contribution in [0.5, 0.6) is 0 Å². The Morgan fingerprint density at radius 1 is 1.18 bits per heavy atom. The average molecular weight is 376 g/mol. The summed E-state index contributed by atoms with van der Waals surface area (Å²) < 4.78 is 5.47. The summed E-state index contributed by atoms with van der Waals surface area (Å²) >= 11 is 0. The first-order chi connectivity index (χ1) is 13.6. The number of carbonyl (C=O) groups is 1. The second-order valence-electron chi connectivity index (χ2n) is 7.28. The van der Waals surface area contributed by atoms with E-state index < -0.39 is 0 Å². The second kappa shape index (κ2) is 7.98. The van der Waals surface area contributed by atoms with Gasteiger partial charge in [-0.25, -0.2) is 0 Å². The maximum atomic E-state index is 12.8. The van der Waals surface area contributed by atoms with Gasteiger partial charge >= 0.3 is 0 Å². The fourth-order valence-corrected chi connectivity index (χ4v) is 3.83. The van der Waals surface area contributed by atoms with Gasteiger partial charge in [0.05, 0.1) is 11.6 Å². The number of nitrogens with one attached hydrogen (secondary N) is 1. The van der Waals surface area contributed by atoms with Crippen LogP contribution in [0.3, 0.4) is 0 Å². The molecular formula is C23H24N2O3. The Bertz CT molecular complexity index is 1060. The van der Waals surface area contributed by atoms with Gasteiger partial charge in [0.2, 0.25) is 0 Å². The molecule has 1 unspecified atom stereocenters. The first kappa shape index (κ1) is 18.4. The number of benzene rings is 2. The van der Waals surface area contributed by atoms with Gasteiger partial charge in [-0.3, -0.25) is 9.59 Å². The molecule has 1 saturated heterocycles. The third-order valence-electron chi connectivity index (χ3n) is 5.41. The van der Waals surface area contributed by atoms with Crippen molar-refractivity contribution in [2.75, 3.05) is 19.6 Å². The fourth-order valence-electron chi connectivity index (χ4n) is 3.83. The lowest BCUT2D eigenvalue weighted by atomic mass is 10.0. The minimum atomic E-state index is -0.0606. The Morgan fingerprint density at radius 2 is 2.04 bits per heavy atom. The van der Waals surface area contributed by atoms with Crippen LogP contribution < -0.4 is 10.7 Å².